The maximum absolute atomic E-state index is 5.22. The number of ether oxygens (including phenoxy) is 1. The van der Waals surface area contributed by atoms with E-state index in [-0.39, 0.29) is 0 Å². The SMILES string of the molecule is COc1ccc(NN(Cc2ccccc2)Cc2ccccc2)cc1. The van der Waals surface area contributed by atoms with Crippen molar-refractivity contribution in [3.63, 3.8) is 0 Å². The summed E-state index contributed by atoms with van der Waals surface area (Å²) in [7, 11) is 1.68. The lowest BCUT2D eigenvalue weighted by atomic mass is 10.2. The molecule has 3 aromatic carbocycles. The number of anilines is 1. The summed E-state index contributed by atoms with van der Waals surface area (Å²) >= 11 is 0. The number of hydrogen-bond acceptors (Lipinski definition) is 3. The summed E-state index contributed by atoms with van der Waals surface area (Å²) in [6.07, 6.45) is 0. The van der Waals surface area contributed by atoms with Gasteiger partial charge in [-0.1, -0.05) is 60.7 Å². The summed E-state index contributed by atoms with van der Waals surface area (Å²) in [5.74, 6) is 0.859. The lowest BCUT2D eigenvalue weighted by Gasteiger charge is -2.25. The quantitative estimate of drug-likeness (QED) is 0.638. The van der Waals surface area contributed by atoms with E-state index in [1.807, 2.05) is 36.4 Å². The summed E-state index contributed by atoms with van der Waals surface area (Å²) in [5.41, 5.74) is 7.09. The number of hydrazine groups is 1. The van der Waals surface area contributed by atoms with Crippen LogP contribution in [0.1, 0.15) is 11.1 Å². The molecule has 0 radical (unpaired) electrons. The summed E-state index contributed by atoms with van der Waals surface area (Å²) in [6.45, 7) is 1.64. The smallest absolute Gasteiger partial charge is 0.119 e. The van der Waals surface area contributed by atoms with Gasteiger partial charge in [0.1, 0.15) is 5.75 Å². The van der Waals surface area contributed by atoms with Crippen LogP contribution < -0.4 is 10.2 Å². The van der Waals surface area contributed by atoms with Crippen molar-refractivity contribution in [2.75, 3.05) is 12.5 Å². The molecule has 24 heavy (non-hydrogen) atoms. The summed E-state index contributed by atoms with van der Waals surface area (Å²) in [4.78, 5) is 0. The first kappa shape index (κ1) is 16.1. The Balaban J connectivity index is 1.75. The molecule has 0 amide bonds. The molecule has 0 aliphatic heterocycles. The third-order valence-electron chi connectivity index (χ3n) is 3.81. The fraction of sp³-hybridized carbons (Fsp3) is 0.143. The van der Waals surface area contributed by atoms with Gasteiger partial charge in [-0.15, -0.1) is 0 Å². The van der Waals surface area contributed by atoms with Crippen molar-refractivity contribution in [3.8, 4) is 5.75 Å². The fourth-order valence-electron chi connectivity index (χ4n) is 2.59. The van der Waals surface area contributed by atoms with Crippen LogP contribution in [0.5, 0.6) is 5.75 Å². The second-order valence-corrected chi connectivity index (χ2v) is 5.67. The van der Waals surface area contributed by atoms with E-state index in [0.29, 0.717) is 0 Å². The zero-order valence-electron chi connectivity index (χ0n) is 13.9. The summed E-state index contributed by atoms with van der Waals surface area (Å²) in [6, 6.07) is 29.0. The van der Waals surface area contributed by atoms with Crippen LogP contribution in [0.3, 0.4) is 0 Å². The number of nitrogens with one attached hydrogen (secondary N) is 1. The Labute approximate surface area is 143 Å². The predicted molar refractivity (Wildman–Crippen MR) is 98.7 cm³/mol. The monoisotopic (exact) mass is 318 g/mol. The minimum absolute atomic E-state index is 0.821. The van der Waals surface area contributed by atoms with E-state index in [1.165, 1.54) is 11.1 Å². The van der Waals surface area contributed by atoms with E-state index in [4.69, 9.17) is 4.74 Å². The molecule has 0 aliphatic rings. The van der Waals surface area contributed by atoms with Gasteiger partial charge >= 0.3 is 0 Å². The third kappa shape index (κ3) is 4.61. The van der Waals surface area contributed by atoms with Crippen molar-refractivity contribution < 1.29 is 4.74 Å². The molecule has 3 rings (SSSR count). The predicted octanol–water partition coefficient (Wildman–Crippen LogP) is 4.72. The number of nitrogens with zero attached hydrogens (tertiary/aromatic N) is 1. The first-order valence-corrected chi connectivity index (χ1v) is 8.07. The van der Waals surface area contributed by atoms with E-state index in [9.17, 15) is 0 Å². The minimum Gasteiger partial charge on any atom is -0.497 e. The van der Waals surface area contributed by atoms with E-state index < -0.39 is 0 Å². The van der Waals surface area contributed by atoms with Crippen molar-refractivity contribution >= 4 is 5.69 Å². The normalized spacial score (nSPS) is 10.6. The molecule has 3 nitrogen and oxygen atoms in total. The van der Waals surface area contributed by atoms with Gasteiger partial charge < -0.3 is 10.2 Å². The van der Waals surface area contributed by atoms with Gasteiger partial charge in [-0.05, 0) is 35.4 Å². The zero-order chi connectivity index (χ0) is 16.6. The molecule has 0 unspecified atom stereocenters. The Bertz CT molecular complexity index is 685. The van der Waals surface area contributed by atoms with Crippen LogP contribution in [0.2, 0.25) is 0 Å². The van der Waals surface area contributed by atoms with Crippen molar-refractivity contribution in [3.05, 3.63) is 96.1 Å². The molecule has 122 valence electrons. The molecular formula is C21H22N2O. The van der Waals surface area contributed by atoms with Crippen LogP contribution >= 0.6 is 0 Å². The van der Waals surface area contributed by atoms with Crippen LogP contribution in [-0.4, -0.2) is 12.1 Å². The third-order valence-corrected chi connectivity index (χ3v) is 3.81. The topological polar surface area (TPSA) is 24.5 Å². The van der Waals surface area contributed by atoms with Crippen LogP contribution in [0, 0.1) is 0 Å². The fourth-order valence-corrected chi connectivity index (χ4v) is 2.59. The van der Waals surface area contributed by atoms with Crippen molar-refractivity contribution in [2.45, 2.75) is 13.1 Å². The van der Waals surface area contributed by atoms with Gasteiger partial charge in [0.25, 0.3) is 0 Å². The Morgan fingerprint density at radius 3 is 1.67 bits per heavy atom. The zero-order valence-corrected chi connectivity index (χ0v) is 13.9. The van der Waals surface area contributed by atoms with E-state index >= 15 is 0 Å². The van der Waals surface area contributed by atoms with E-state index in [1.54, 1.807) is 7.11 Å². The Hall–Kier alpha value is -2.78. The Morgan fingerprint density at radius 2 is 1.21 bits per heavy atom. The summed E-state index contributed by atoms with van der Waals surface area (Å²) in [5, 5.41) is 2.21. The van der Waals surface area contributed by atoms with Crippen LogP contribution in [-0.2, 0) is 13.1 Å². The molecule has 3 heteroatoms. The van der Waals surface area contributed by atoms with Gasteiger partial charge in [-0.2, -0.15) is 0 Å². The van der Waals surface area contributed by atoms with Gasteiger partial charge in [0.05, 0.1) is 7.11 Å². The molecule has 0 spiro atoms. The molecule has 3 aromatic rings. The van der Waals surface area contributed by atoms with Gasteiger partial charge in [0.15, 0.2) is 0 Å². The van der Waals surface area contributed by atoms with E-state index in [0.717, 1.165) is 24.5 Å². The van der Waals surface area contributed by atoms with Crippen molar-refractivity contribution in [1.29, 1.82) is 0 Å². The highest BCUT2D eigenvalue weighted by molar-refractivity contribution is 5.45. The molecule has 0 fully saturated rings. The number of benzene rings is 3. The largest absolute Gasteiger partial charge is 0.497 e. The molecule has 0 aliphatic carbocycles. The van der Waals surface area contributed by atoms with Crippen molar-refractivity contribution in [1.82, 2.24) is 5.01 Å². The van der Waals surface area contributed by atoms with Crippen molar-refractivity contribution in [2.24, 2.45) is 0 Å². The second kappa shape index (κ2) is 8.18. The van der Waals surface area contributed by atoms with E-state index in [2.05, 4.69) is 59.0 Å². The molecule has 0 saturated heterocycles. The lowest BCUT2D eigenvalue weighted by Crippen LogP contribution is -2.29. The van der Waals surface area contributed by atoms with Gasteiger partial charge in [0.2, 0.25) is 0 Å². The highest BCUT2D eigenvalue weighted by Gasteiger charge is 2.07. The molecule has 1 N–H and O–H groups in total. The number of rotatable bonds is 7. The maximum Gasteiger partial charge on any atom is 0.119 e. The van der Waals surface area contributed by atoms with Gasteiger partial charge in [0, 0.05) is 18.8 Å². The minimum atomic E-state index is 0.821. The van der Waals surface area contributed by atoms with Crippen LogP contribution in [0.15, 0.2) is 84.9 Å². The molecular weight excluding hydrogens is 296 g/mol. The first-order chi connectivity index (χ1) is 11.8. The van der Waals surface area contributed by atoms with Gasteiger partial charge in [-0.3, -0.25) is 0 Å². The van der Waals surface area contributed by atoms with Gasteiger partial charge in [-0.25, -0.2) is 5.01 Å². The molecule has 0 bridgehead atoms. The molecule has 0 atom stereocenters. The molecule has 0 aromatic heterocycles. The summed E-state index contributed by atoms with van der Waals surface area (Å²) < 4.78 is 5.22. The number of methoxy groups -OCH3 is 1. The Morgan fingerprint density at radius 1 is 0.708 bits per heavy atom. The first-order valence-electron chi connectivity index (χ1n) is 8.07. The highest BCUT2D eigenvalue weighted by Crippen LogP contribution is 2.18. The number of hydrogen-bond donors (Lipinski definition) is 1. The van der Waals surface area contributed by atoms with Crippen LogP contribution in [0.4, 0.5) is 5.69 Å². The Kier molecular flexibility index (Phi) is 5.48. The average molecular weight is 318 g/mol. The average Bonchev–Trinajstić information content (AvgIpc) is 2.64. The highest BCUT2D eigenvalue weighted by atomic mass is 16.5. The lowest BCUT2D eigenvalue weighted by molar-refractivity contribution is 0.313. The molecule has 0 saturated carbocycles. The molecule has 0 heterocycles. The maximum atomic E-state index is 5.22. The van der Waals surface area contributed by atoms with Crippen LogP contribution in [0.25, 0.3) is 0 Å². The standard InChI is InChI=1S/C21H22N2O/c1-24-21-14-12-20(13-15-21)22-23(16-18-8-4-2-5-9-18)17-19-10-6-3-7-11-19/h2-15,22H,16-17H2,1H3. The second-order valence-electron chi connectivity index (χ2n) is 5.67.